The van der Waals surface area contributed by atoms with Gasteiger partial charge in [-0.3, -0.25) is 14.7 Å². The van der Waals surface area contributed by atoms with Crippen LogP contribution >= 0.6 is 0 Å². The molecule has 2 heterocycles. The van der Waals surface area contributed by atoms with Gasteiger partial charge in [0.2, 0.25) is 11.9 Å². The number of carbonyl (C=O) groups is 1. The molecule has 1 fully saturated rings. The lowest BCUT2D eigenvalue weighted by molar-refractivity contribution is -0.141. The number of anilines is 1. The average molecular weight is 370 g/mol. The van der Waals surface area contributed by atoms with Gasteiger partial charge in [0.05, 0.1) is 0 Å². The molecule has 1 aliphatic rings. The van der Waals surface area contributed by atoms with Crippen molar-refractivity contribution >= 4 is 23.0 Å². The summed E-state index contributed by atoms with van der Waals surface area (Å²) < 4.78 is 40.6. The van der Waals surface area contributed by atoms with Gasteiger partial charge in [-0.1, -0.05) is 28.2 Å². The van der Waals surface area contributed by atoms with Crippen molar-refractivity contribution in [2.24, 2.45) is 5.41 Å². The van der Waals surface area contributed by atoms with Crippen molar-refractivity contribution < 1.29 is 18.0 Å². The Bertz CT molecular complexity index is 801. The van der Waals surface area contributed by atoms with E-state index in [1.54, 1.807) is 4.57 Å². The van der Waals surface area contributed by atoms with Gasteiger partial charge in [-0.25, -0.2) is 9.97 Å². The fourth-order valence-electron chi connectivity index (χ4n) is 2.86. The highest BCUT2D eigenvalue weighted by molar-refractivity contribution is 5.91. The van der Waals surface area contributed by atoms with E-state index in [9.17, 15) is 18.0 Å². The number of aromatic nitrogens is 3. The van der Waals surface area contributed by atoms with Crippen LogP contribution in [-0.2, 0) is 11.0 Å². The summed E-state index contributed by atoms with van der Waals surface area (Å²) in [6.07, 6.45) is -1.55. The quantitative estimate of drug-likeness (QED) is 0.809. The number of nitrogens with zero attached hydrogens (tertiary/aromatic N) is 3. The summed E-state index contributed by atoms with van der Waals surface area (Å²) >= 11 is 0. The molecule has 1 amide bonds. The second kappa shape index (κ2) is 6.89. The zero-order valence-electron chi connectivity index (χ0n) is 14.4. The lowest BCUT2D eigenvalue weighted by Crippen LogP contribution is -2.25. The Morgan fingerprint density at radius 2 is 1.88 bits per heavy atom. The molecule has 26 heavy (non-hydrogen) atoms. The Balaban J connectivity index is 0.00000243. The summed E-state index contributed by atoms with van der Waals surface area (Å²) in [5, 5.41) is 2.76. The minimum atomic E-state index is -4.52. The number of hydrogen-bond donors (Lipinski definition) is 1. The lowest BCUT2D eigenvalue weighted by atomic mass is 9.92. The molecule has 0 aromatic carbocycles. The van der Waals surface area contributed by atoms with Crippen LogP contribution in [0.25, 0.3) is 11.2 Å². The van der Waals surface area contributed by atoms with E-state index in [0.717, 1.165) is 25.3 Å². The largest absolute Gasteiger partial charge is 0.433 e. The van der Waals surface area contributed by atoms with Crippen molar-refractivity contribution in [3.63, 3.8) is 0 Å². The standard InChI is InChI=1S/C17H21F3N4O.CH4/c1-16(2,3)9-13(25)23-15-21-11-7-8-12(17(18,19)20)22-14(11)24(15)10-5-4-6-10;/h7-8,10H,4-6,9H2,1-3H3,(H,21,23,25);1H4. The summed E-state index contributed by atoms with van der Waals surface area (Å²) in [5.41, 5.74) is -0.622. The van der Waals surface area contributed by atoms with Gasteiger partial charge >= 0.3 is 6.18 Å². The van der Waals surface area contributed by atoms with Crippen LogP contribution in [0.15, 0.2) is 12.1 Å². The highest BCUT2D eigenvalue weighted by atomic mass is 19.4. The first-order chi connectivity index (χ1) is 11.5. The molecule has 2 aromatic rings. The molecule has 3 rings (SSSR count). The van der Waals surface area contributed by atoms with E-state index in [0.29, 0.717) is 11.9 Å². The zero-order chi connectivity index (χ0) is 18.4. The zero-order valence-corrected chi connectivity index (χ0v) is 14.4. The summed E-state index contributed by atoms with van der Waals surface area (Å²) in [7, 11) is 0. The Morgan fingerprint density at radius 3 is 2.38 bits per heavy atom. The number of halogens is 3. The fourth-order valence-corrected chi connectivity index (χ4v) is 2.86. The van der Waals surface area contributed by atoms with E-state index in [1.165, 1.54) is 6.07 Å². The van der Waals surface area contributed by atoms with Crippen LogP contribution in [0.2, 0.25) is 0 Å². The minimum Gasteiger partial charge on any atom is -0.296 e. The number of hydrogen-bond acceptors (Lipinski definition) is 3. The fraction of sp³-hybridized carbons (Fsp3) is 0.611. The number of pyridine rings is 1. The first-order valence-corrected chi connectivity index (χ1v) is 8.31. The normalized spacial score (nSPS) is 15.5. The van der Waals surface area contributed by atoms with Crippen LogP contribution in [0.5, 0.6) is 0 Å². The molecule has 1 N–H and O–H groups in total. The van der Waals surface area contributed by atoms with E-state index in [1.807, 2.05) is 20.8 Å². The van der Waals surface area contributed by atoms with Crippen LogP contribution in [0, 0.1) is 5.41 Å². The average Bonchev–Trinajstić information content (AvgIpc) is 2.71. The van der Waals surface area contributed by atoms with Gasteiger partial charge in [0.15, 0.2) is 5.65 Å². The minimum absolute atomic E-state index is 0. The Kier molecular flexibility index (Phi) is 5.35. The van der Waals surface area contributed by atoms with Gasteiger partial charge in [-0.05, 0) is 36.8 Å². The van der Waals surface area contributed by atoms with Gasteiger partial charge in [-0.2, -0.15) is 13.2 Å². The summed E-state index contributed by atoms with van der Waals surface area (Å²) in [6, 6.07) is 2.24. The molecule has 2 aromatic heterocycles. The maximum absolute atomic E-state index is 13.0. The van der Waals surface area contributed by atoms with Crippen LogP contribution in [0.3, 0.4) is 0 Å². The van der Waals surface area contributed by atoms with Crippen LogP contribution in [-0.4, -0.2) is 20.4 Å². The second-order valence-corrected chi connectivity index (χ2v) is 7.71. The van der Waals surface area contributed by atoms with E-state index >= 15 is 0 Å². The molecular formula is C18H25F3N4O. The smallest absolute Gasteiger partial charge is 0.296 e. The van der Waals surface area contributed by atoms with Crippen molar-refractivity contribution in [3.05, 3.63) is 17.8 Å². The molecule has 0 spiro atoms. The second-order valence-electron chi connectivity index (χ2n) is 7.71. The first kappa shape index (κ1) is 20.2. The number of rotatable bonds is 3. The third-order valence-electron chi connectivity index (χ3n) is 4.21. The summed E-state index contributed by atoms with van der Waals surface area (Å²) in [6.45, 7) is 5.83. The van der Waals surface area contributed by atoms with Gasteiger partial charge in [0.1, 0.15) is 11.2 Å². The third-order valence-corrected chi connectivity index (χ3v) is 4.21. The van der Waals surface area contributed by atoms with Gasteiger partial charge in [0.25, 0.3) is 0 Å². The Hall–Kier alpha value is -2.12. The number of carbonyl (C=O) groups excluding carboxylic acids is 1. The molecule has 0 aliphatic heterocycles. The molecule has 0 unspecified atom stereocenters. The topological polar surface area (TPSA) is 59.8 Å². The third kappa shape index (κ3) is 4.16. The molecule has 144 valence electrons. The first-order valence-electron chi connectivity index (χ1n) is 8.31. The maximum atomic E-state index is 13.0. The number of fused-ring (bicyclic) bond motifs is 1. The van der Waals surface area contributed by atoms with Crippen molar-refractivity contribution in [1.82, 2.24) is 14.5 Å². The summed E-state index contributed by atoms with van der Waals surface area (Å²) in [4.78, 5) is 20.3. The van der Waals surface area contributed by atoms with Crippen molar-refractivity contribution in [3.8, 4) is 0 Å². The molecule has 0 saturated heterocycles. The van der Waals surface area contributed by atoms with Crippen LogP contribution in [0.4, 0.5) is 19.1 Å². The summed E-state index contributed by atoms with van der Waals surface area (Å²) in [5.74, 6) is 0.0696. The van der Waals surface area contributed by atoms with E-state index in [4.69, 9.17) is 0 Å². The number of imidazole rings is 1. The van der Waals surface area contributed by atoms with Crippen LogP contribution < -0.4 is 5.32 Å². The highest BCUT2D eigenvalue weighted by Crippen LogP contribution is 2.38. The van der Waals surface area contributed by atoms with Gasteiger partial charge < -0.3 is 0 Å². The molecule has 0 bridgehead atoms. The monoisotopic (exact) mass is 370 g/mol. The molecule has 5 nitrogen and oxygen atoms in total. The van der Waals surface area contributed by atoms with Gasteiger partial charge in [-0.15, -0.1) is 0 Å². The predicted octanol–water partition coefficient (Wildman–Crippen LogP) is 5.19. The number of nitrogens with one attached hydrogen (secondary N) is 1. The Labute approximate surface area is 151 Å². The van der Waals surface area contributed by atoms with Crippen LogP contribution in [0.1, 0.15) is 65.6 Å². The SMILES string of the molecule is C.CC(C)(C)CC(=O)Nc1nc2ccc(C(F)(F)F)nc2n1C1CCC1. The lowest BCUT2D eigenvalue weighted by Gasteiger charge is -2.28. The number of alkyl halides is 3. The predicted molar refractivity (Wildman–Crippen MR) is 94.9 cm³/mol. The molecule has 0 radical (unpaired) electrons. The molecular weight excluding hydrogens is 345 g/mol. The van der Waals surface area contributed by atoms with Crippen molar-refractivity contribution in [2.75, 3.05) is 5.32 Å². The van der Waals surface area contributed by atoms with Gasteiger partial charge in [0, 0.05) is 12.5 Å². The van der Waals surface area contributed by atoms with E-state index in [2.05, 4.69) is 15.3 Å². The number of amides is 1. The molecule has 1 saturated carbocycles. The Morgan fingerprint density at radius 1 is 1.23 bits per heavy atom. The molecule has 1 aliphatic carbocycles. The highest BCUT2D eigenvalue weighted by Gasteiger charge is 2.34. The maximum Gasteiger partial charge on any atom is 0.433 e. The van der Waals surface area contributed by atoms with Crippen molar-refractivity contribution in [1.29, 1.82) is 0 Å². The van der Waals surface area contributed by atoms with Crippen molar-refractivity contribution in [2.45, 2.75) is 66.1 Å². The molecule has 8 heteroatoms. The molecule has 0 atom stereocenters. The van der Waals surface area contributed by atoms with E-state index < -0.39 is 11.9 Å². The van der Waals surface area contributed by atoms with E-state index in [-0.39, 0.29) is 36.4 Å².